The number of carbonyl (C=O) groups excluding carboxylic acids is 1. The van der Waals surface area contributed by atoms with Gasteiger partial charge in [-0.3, -0.25) is 4.79 Å². The lowest BCUT2D eigenvalue weighted by molar-refractivity contribution is -0.119. The molecule has 0 aliphatic carbocycles. The number of hydrogen-bond donors (Lipinski definition) is 2. The highest BCUT2D eigenvalue weighted by Gasteiger charge is 2.14. The number of likely N-dealkylation sites (N-methyl/N-ethyl adjacent to an activating group) is 1. The number of carbonyl (C=O) groups is 1. The minimum absolute atomic E-state index is 0.338. The van der Waals surface area contributed by atoms with Gasteiger partial charge >= 0.3 is 0 Å². The first-order valence-electron chi connectivity index (χ1n) is 4.07. The van der Waals surface area contributed by atoms with Crippen molar-refractivity contribution in [1.82, 2.24) is 14.9 Å². The predicted molar refractivity (Wildman–Crippen MR) is 49.0 cm³/mol. The Kier molecular flexibility index (Phi) is 3.02. The van der Waals surface area contributed by atoms with Crippen molar-refractivity contribution in [2.24, 2.45) is 12.8 Å². The van der Waals surface area contributed by atoms with Gasteiger partial charge in [-0.2, -0.15) is 0 Å². The summed E-state index contributed by atoms with van der Waals surface area (Å²) >= 11 is 0. The number of nitrogens with one attached hydrogen (secondary N) is 1. The van der Waals surface area contributed by atoms with Crippen molar-refractivity contribution in [3.05, 3.63) is 18.2 Å². The van der Waals surface area contributed by atoms with Crippen LogP contribution in [0.1, 0.15) is 5.69 Å². The molecule has 5 heteroatoms. The summed E-state index contributed by atoms with van der Waals surface area (Å²) in [6, 6.07) is -0.338. The van der Waals surface area contributed by atoms with E-state index >= 15 is 0 Å². The van der Waals surface area contributed by atoms with E-state index in [4.69, 9.17) is 5.73 Å². The fraction of sp³-hybridized carbons (Fsp3) is 0.500. The number of aromatic nitrogens is 2. The smallest absolute Gasteiger partial charge is 0.234 e. The molecule has 0 saturated carbocycles. The molecule has 13 heavy (non-hydrogen) atoms. The lowest BCUT2D eigenvalue weighted by atomic mass is 10.1. The average molecular weight is 182 g/mol. The fourth-order valence-electron chi connectivity index (χ4n) is 1.13. The minimum atomic E-state index is -0.354. The van der Waals surface area contributed by atoms with Crippen LogP contribution >= 0.6 is 0 Å². The Hall–Kier alpha value is -1.36. The first-order chi connectivity index (χ1) is 6.13. The molecule has 0 radical (unpaired) electrons. The monoisotopic (exact) mass is 182 g/mol. The number of nitrogens with two attached hydrogens (primary N) is 1. The first kappa shape index (κ1) is 9.73. The van der Waals surface area contributed by atoms with E-state index in [1.807, 2.05) is 17.8 Å². The summed E-state index contributed by atoms with van der Waals surface area (Å²) in [5.74, 6) is -0.354. The molecule has 1 amide bonds. The Labute approximate surface area is 76.9 Å². The molecule has 1 aromatic rings. The second kappa shape index (κ2) is 4.04. The zero-order valence-corrected chi connectivity index (χ0v) is 7.82. The standard InChI is InChI=1S/C8H14N4O/c1-10-7(8(9)13)3-6-4-12(2)5-11-6/h4-5,7,10H,3H2,1-2H3,(H2,9,13)/t7-/m0/s1. The van der Waals surface area contributed by atoms with Crippen LogP contribution in [-0.4, -0.2) is 28.5 Å². The molecule has 0 aliphatic heterocycles. The summed E-state index contributed by atoms with van der Waals surface area (Å²) in [7, 11) is 3.59. The van der Waals surface area contributed by atoms with E-state index in [0.29, 0.717) is 6.42 Å². The van der Waals surface area contributed by atoms with E-state index in [0.717, 1.165) is 5.69 Å². The van der Waals surface area contributed by atoms with Gasteiger partial charge in [0.1, 0.15) is 0 Å². The molecule has 1 aromatic heterocycles. The largest absolute Gasteiger partial charge is 0.368 e. The van der Waals surface area contributed by atoms with E-state index in [-0.39, 0.29) is 11.9 Å². The van der Waals surface area contributed by atoms with Crippen LogP contribution in [0.4, 0.5) is 0 Å². The van der Waals surface area contributed by atoms with Crippen molar-refractivity contribution in [2.45, 2.75) is 12.5 Å². The second-order valence-corrected chi connectivity index (χ2v) is 2.98. The molecule has 0 aliphatic rings. The Bertz CT molecular complexity index is 294. The Morgan fingerprint density at radius 2 is 2.54 bits per heavy atom. The Morgan fingerprint density at radius 1 is 1.85 bits per heavy atom. The summed E-state index contributed by atoms with van der Waals surface area (Å²) in [6.45, 7) is 0. The van der Waals surface area contributed by atoms with E-state index in [1.54, 1.807) is 13.4 Å². The number of rotatable bonds is 4. The molecule has 0 spiro atoms. The topological polar surface area (TPSA) is 72.9 Å². The summed E-state index contributed by atoms with van der Waals surface area (Å²) < 4.78 is 1.84. The maximum absolute atomic E-state index is 10.9. The van der Waals surface area contributed by atoms with Gasteiger partial charge < -0.3 is 15.6 Å². The van der Waals surface area contributed by atoms with Gasteiger partial charge in [-0.25, -0.2) is 4.98 Å². The van der Waals surface area contributed by atoms with E-state index < -0.39 is 0 Å². The van der Waals surface area contributed by atoms with Crippen LogP contribution in [0.5, 0.6) is 0 Å². The molecular weight excluding hydrogens is 168 g/mol. The molecule has 1 rings (SSSR count). The van der Waals surface area contributed by atoms with Gasteiger partial charge in [0.15, 0.2) is 0 Å². The normalized spacial score (nSPS) is 12.8. The third-order valence-electron chi connectivity index (χ3n) is 1.86. The highest BCUT2D eigenvalue weighted by atomic mass is 16.1. The molecule has 0 unspecified atom stereocenters. The van der Waals surface area contributed by atoms with Gasteiger partial charge in [-0.1, -0.05) is 0 Å². The maximum atomic E-state index is 10.9. The van der Waals surface area contributed by atoms with Crippen LogP contribution in [0, 0.1) is 0 Å². The Morgan fingerprint density at radius 3 is 2.92 bits per heavy atom. The number of aryl methyl sites for hydroxylation is 1. The minimum Gasteiger partial charge on any atom is -0.368 e. The maximum Gasteiger partial charge on any atom is 0.234 e. The van der Waals surface area contributed by atoms with Gasteiger partial charge in [-0.15, -0.1) is 0 Å². The van der Waals surface area contributed by atoms with E-state index in [9.17, 15) is 4.79 Å². The van der Waals surface area contributed by atoms with Gasteiger partial charge in [-0.05, 0) is 7.05 Å². The number of imidazole rings is 1. The van der Waals surface area contributed by atoms with Crippen molar-refractivity contribution < 1.29 is 4.79 Å². The van der Waals surface area contributed by atoms with Crippen LogP contribution in [0.2, 0.25) is 0 Å². The highest BCUT2D eigenvalue weighted by Crippen LogP contribution is 1.98. The molecule has 0 bridgehead atoms. The average Bonchev–Trinajstić information content (AvgIpc) is 2.46. The molecular formula is C8H14N4O. The molecule has 1 heterocycles. The number of amides is 1. The summed E-state index contributed by atoms with van der Waals surface area (Å²) in [6.07, 6.45) is 4.10. The van der Waals surface area contributed by atoms with Crippen molar-refractivity contribution in [3.63, 3.8) is 0 Å². The van der Waals surface area contributed by atoms with Crippen LogP contribution < -0.4 is 11.1 Å². The number of hydrogen-bond acceptors (Lipinski definition) is 3. The van der Waals surface area contributed by atoms with Gasteiger partial charge in [0, 0.05) is 19.7 Å². The molecule has 0 saturated heterocycles. The molecule has 1 atom stereocenters. The molecule has 72 valence electrons. The fourth-order valence-corrected chi connectivity index (χ4v) is 1.13. The van der Waals surface area contributed by atoms with Crippen molar-refractivity contribution in [3.8, 4) is 0 Å². The number of primary amides is 1. The summed E-state index contributed by atoms with van der Waals surface area (Å²) in [5.41, 5.74) is 6.03. The van der Waals surface area contributed by atoms with Crippen molar-refractivity contribution >= 4 is 5.91 Å². The highest BCUT2D eigenvalue weighted by molar-refractivity contribution is 5.80. The molecule has 3 N–H and O–H groups in total. The van der Waals surface area contributed by atoms with E-state index in [2.05, 4.69) is 10.3 Å². The predicted octanol–water partition coefficient (Wildman–Crippen LogP) is -0.964. The zero-order valence-electron chi connectivity index (χ0n) is 7.82. The number of nitrogens with zero attached hydrogens (tertiary/aromatic N) is 2. The second-order valence-electron chi connectivity index (χ2n) is 2.98. The third kappa shape index (κ3) is 2.55. The Balaban J connectivity index is 2.61. The van der Waals surface area contributed by atoms with Gasteiger partial charge in [0.05, 0.1) is 18.1 Å². The van der Waals surface area contributed by atoms with Gasteiger partial charge in [0.2, 0.25) is 5.91 Å². The van der Waals surface area contributed by atoms with Crippen LogP contribution in [0.25, 0.3) is 0 Å². The quantitative estimate of drug-likeness (QED) is 0.629. The van der Waals surface area contributed by atoms with Gasteiger partial charge in [0.25, 0.3) is 0 Å². The molecule has 0 fully saturated rings. The van der Waals surface area contributed by atoms with E-state index in [1.165, 1.54) is 0 Å². The van der Waals surface area contributed by atoms with Crippen molar-refractivity contribution in [2.75, 3.05) is 7.05 Å². The lowest BCUT2D eigenvalue weighted by Crippen LogP contribution is -2.40. The van der Waals surface area contributed by atoms with Crippen LogP contribution in [0.3, 0.4) is 0 Å². The lowest BCUT2D eigenvalue weighted by Gasteiger charge is -2.09. The van der Waals surface area contributed by atoms with Crippen LogP contribution in [0.15, 0.2) is 12.5 Å². The third-order valence-corrected chi connectivity index (χ3v) is 1.86. The van der Waals surface area contributed by atoms with Crippen molar-refractivity contribution in [1.29, 1.82) is 0 Å². The first-order valence-corrected chi connectivity index (χ1v) is 4.07. The molecule has 0 aromatic carbocycles. The zero-order chi connectivity index (χ0) is 9.84. The SMILES string of the molecule is CN[C@@H](Cc1cn(C)cn1)C(N)=O. The van der Waals surface area contributed by atoms with Crippen LogP contribution in [-0.2, 0) is 18.3 Å². The summed E-state index contributed by atoms with van der Waals surface area (Å²) in [4.78, 5) is 15.0. The molecule has 5 nitrogen and oxygen atoms in total. The summed E-state index contributed by atoms with van der Waals surface area (Å²) in [5, 5.41) is 2.84.